The molecule has 0 bridgehead atoms. The van der Waals surface area contributed by atoms with Crippen molar-refractivity contribution in [2.45, 2.75) is 24.9 Å². The lowest BCUT2D eigenvalue weighted by atomic mass is 10.2. The first kappa shape index (κ1) is 16.3. The third kappa shape index (κ3) is 3.35. The number of nitrogens with one attached hydrogen (secondary N) is 1. The monoisotopic (exact) mass is 331 g/mol. The Morgan fingerprint density at radius 1 is 1.33 bits per heavy atom. The van der Waals surface area contributed by atoms with Crippen LogP contribution in [-0.4, -0.2) is 44.5 Å². The summed E-state index contributed by atoms with van der Waals surface area (Å²) >= 11 is 0. The number of hydrogen-bond acceptors (Lipinski definition) is 6. The van der Waals surface area contributed by atoms with Crippen LogP contribution in [0.4, 0.5) is 5.82 Å². The summed E-state index contributed by atoms with van der Waals surface area (Å²) in [6.45, 7) is -0.328. The lowest BCUT2D eigenvalue weighted by Gasteiger charge is -2.14. The minimum Gasteiger partial charge on any atom is -0.394 e. The van der Waals surface area contributed by atoms with Crippen LogP contribution in [-0.2, 0) is 4.74 Å². The Morgan fingerprint density at radius 2 is 2.08 bits per heavy atom. The number of rotatable bonds is 4. The molecular formula is C16H17N3O5. The predicted molar refractivity (Wildman–Crippen MR) is 84.5 cm³/mol. The molecule has 1 aliphatic rings. The fourth-order valence-corrected chi connectivity index (χ4v) is 2.53. The summed E-state index contributed by atoms with van der Waals surface area (Å²) in [4.78, 5) is 28.0. The van der Waals surface area contributed by atoms with Gasteiger partial charge < -0.3 is 20.3 Å². The number of anilines is 1. The topological polar surface area (TPSA) is 114 Å². The van der Waals surface area contributed by atoms with Gasteiger partial charge in [-0.1, -0.05) is 18.2 Å². The number of nitrogens with zero attached hydrogens (tertiary/aromatic N) is 2. The second-order valence-corrected chi connectivity index (χ2v) is 5.44. The number of ether oxygens (including phenoxy) is 1. The van der Waals surface area contributed by atoms with Crippen LogP contribution in [0.5, 0.6) is 0 Å². The predicted octanol–water partition coefficient (Wildman–Crippen LogP) is 0.136. The maximum atomic E-state index is 12.1. The fourth-order valence-electron chi connectivity index (χ4n) is 2.53. The average Bonchev–Trinajstić information content (AvgIpc) is 2.96. The number of amides is 1. The third-order valence-electron chi connectivity index (χ3n) is 3.80. The molecule has 0 saturated carbocycles. The van der Waals surface area contributed by atoms with Crippen LogP contribution in [0.1, 0.15) is 23.0 Å². The second kappa shape index (κ2) is 6.91. The quantitative estimate of drug-likeness (QED) is 0.734. The zero-order valence-corrected chi connectivity index (χ0v) is 12.7. The van der Waals surface area contributed by atoms with Gasteiger partial charge in [-0.2, -0.15) is 4.98 Å². The van der Waals surface area contributed by atoms with Gasteiger partial charge in [-0.15, -0.1) is 0 Å². The van der Waals surface area contributed by atoms with Crippen LogP contribution in [0.2, 0.25) is 0 Å². The molecular weight excluding hydrogens is 314 g/mol. The van der Waals surface area contributed by atoms with Crippen molar-refractivity contribution in [3.63, 3.8) is 0 Å². The zero-order valence-electron chi connectivity index (χ0n) is 12.7. The number of hydrogen-bond donors (Lipinski definition) is 3. The van der Waals surface area contributed by atoms with E-state index < -0.39 is 24.1 Å². The molecule has 3 rings (SSSR count). The summed E-state index contributed by atoms with van der Waals surface area (Å²) in [5, 5.41) is 21.4. The summed E-state index contributed by atoms with van der Waals surface area (Å²) in [7, 11) is 0. The maximum Gasteiger partial charge on any atom is 0.351 e. The molecule has 0 aliphatic carbocycles. The lowest BCUT2D eigenvalue weighted by Crippen LogP contribution is -2.28. The van der Waals surface area contributed by atoms with Crippen molar-refractivity contribution in [1.29, 1.82) is 0 Å². The normalized spacial score (nSPS) is 23.2. The van der Waals surface area contributed by atoms with Crippen molar-refractivity contribution in [1.82, 2.24) is 9.55 Å². The van der Waals surface area contributed by atoms with Crippen molar-refractivity contribution in [2.24, 2.45) is 0 Å². The highest BCUT2D eigenvalue weighted by atomic mass is 16.5. The standard InChI is InChI=1S/C16H17N3O5/c20-9-12-11(21)8-14(24-12)19-7-6-13(18-16(19)23)17-15(22)10-4-2-1-3-5-10/h1-7,11-12,14,20-21H,8-9H2,(H,17,18,22,23)/t11?,12?,14-/m1/s1. The molecule has 1 saturated heterocycles. The molecule has 8 heteroatoms. The molecule has 126 valence electrons. The van der Waals surface area contributed by atoms with Crippen molar-refractivity contribution in [2.75, 3.05) is 11.9 Å². The Morgan fingerprint density at radius 3 is 2.71 bits per heavy atom. The van der Waals surface area contributed by atoms with Gasteiger partial charge in [0.25, 0.3) is 5.91 Å². The van der Waals surface area contributed by atoms with E-state index in [2.05, 4.69) is 10.3 Å². The van der Waals surface area contributed by atoms with E-state index in [4.69, 9.17) is 9.84 Å². The molecule has 1 amide bonds. The van der Waals surface area contributed by atoms with Crippen LogP contribution < -0.4 is 11.0 Å². The van der Waals surface area contributed by atoms with Gasteiger partial charge in [-0.3, -0.25) is 9.36 Å². The van der Waals surface area contributed by atoms with E-state index in [1.54, 1.807) is 30.3 Å². The van der Waals surface area contributed by atoms with Crippen molar-refractivity contribution >= 4 is 11.7 Å². The number of benzene rings is 1. The highest BCUT2D eigenvalue weighted by Crippen LogP contribution is 2.27. The third-order valence-corrected chi connectivity index (χ3v) is 3.80. The first-order valence-corrected chi connectivity index (χ1v) is 7.48. The second-order valence-electron chi connectivity index (χ2n) is 5.44. The molecule has 0 radical (unpaired) electrons. The lowest BCUT2D eigenvalue weighted by molar-refractivity contribution is -0.0458. The summed E-state index contributed by atoms with van der Waals surface area (Å²) in [6.07, 6.45) is -0.643. The number of aliphatic hydroxyl groups is 2. The number of carbonyl (C=O) groups is 1. The number of aromatic nitrogens is 2. The Kier molecular flexibility index (Phi) is 4.70. The average molecular weight is 331 g/mol. The molecule has 2 aromatic rings. The van der Waals surface area contributed by atoms with Crippen molar-refractivity contribution in [3.05, 3.63) is 58.6 Å². The van der Waals surface area contributed by atoms with Gasteiger partial charge in [-0.05, 0) is 18.2 Å². The van der Waals surface area contributed by atoms with Crippen LogP contribution in [0.3, 0.4) is 0 Å². The summed E-state index contributed by atoms with van der Waals surface area (Å²) in [5.74, 6) is -0.240. The molecule has 0 spiro atoms. The van der Waals surface area contributed by atoms with Gasteiger partial charge in [0.15, 0.2) is 0 Å². The van der Waals surface area contributed by atoms with Gasteiger partial charge in [0.1, 0.15) is 18.1 Å². The first-order valence-electron chi connectivity index (χ1n) is 7.48. The number of carbonyl (C=O) groups excluding carboxylic acids is 1. The summed E-state index contributed by atoms with van der Waals surface area (Å²) in [6, 6.07) is 10.1. The minimum atomic E-state index is -0.843. The van der Waals surface area contributed by atoms with Gasteiger partial charge in [0.2, 0.25) is 0 Å². The highest BCUT2D eigenvalue weighted by molar-refractivity contribution is 6.03. The first-order chi connectivity index (χ1) is 11.6. The Bertz CT molecular complexity index is 777. The Labute approximate surface area is 137 Å². The van der Waals surface area contributed by atoms with Crippen LogP contribution in [0, 0.1) is 0 Å². The molecule has 1 aromatic carbocycles. The fraction of sp³-hybridized carbons (Fsp3) is 0.312. The highest BCUT2D eigenvalue weighted by Gasteiger charge is 2.34. The summed E-state index contributed by atoms with van der Waals surface area (Å²) < 4.78 is 6.63. The molecule has 2 unspecified atom stereocenters. The van der Waals surface area contributed by atoms with E-state index in [1.165, 1.54) is 16.8 Å². The number of aliphatic hydroxyl groups excluding tert-OH is 2. The van der Waals surface area contributed by atoms with Gasteiger partial charge in [0.05, 0.1) is 12.7 Å². The molecule has 1 aliphatic heterocycles. The van der Waals surface area contributed by atoms with Crippen LogP contribution >= 0.6 is 0 Å². The van der Waals surface area contributed by atoms with Gasteiger partial charge in [-0.25, -0.2) is 4.79 Å². The molecule has 3 atom stereocenters. The van der Waals surface area contributed by atoms with Crippen LogP contribution in [0.25, 0.3) is 0 Å². The van der Waals surface area contributed by atoms with E-state index in [0.717, 1.165) is 0 Å². The maximum absolute atomic E-state index is 12.1. The van der Waals surface area contributed by atoms with Crippen molar-refractivity contribution < 1.29 is 19.7 Å². The molecule has 24 heavy (non-hydrogen) atoms. The van der Waals surface area contributed by atoms with E-state index >= 15 is 0 Å². The smallest absolute Gasteiger partial charge is 0.351 e. The van der Waals surface area contributed by atoms with E-state index in [9.17, 15) is 14.7 Å². The molecule has 1 fully saturated rings. The zero-order chi connectivity index (χ0) is 17.1. The molecule has 2 heterocycles. The van der Waals surface area contributed by atoms with Crippen molar-refractivity contribution in [3.8, 4) is 0 Å². The Hall–Kier alpha value is -2.55. The Balaban J connectivity index is 1.74. The van der Waals surface area contributed by atoms with Gasteiger partial charge in [0, 0.05) is 18.2 Å². The molecule has 1 aromatic heterocycles. The largest absolute Gasteiger partial charge is 0.394 e. The van der Waals surface area contributed by atoms with E-state index in [1.807, 2.05) is 0 Å². The minimum absolute atomic E-state index is 0.127. The summed E-state index contributed by atoms with van der Waals surface area (Å²) in [5.41, 5.74) is -0.159. The molecule has 8 nitrogen and oxygen atoms in total. The van der Waals surface area contributed by atoms with E-state index in [-0.39, 0.29) is 24.8 Å². The van der Waals surface area contributed by atoms with E-state index in [0.29, 0.717) is 5.56 Å². The van der Waals surface area contributed by atoms with Crippen LogP contribution in [0.15, 0.2) is 47.4 Å². The van der Waals surface area contributed by atoms with Gasteiger partial charge >= 0.3 is 5.69 Å². The molecule has 3 N–H and O–H groups in total. The SMILES string of the molecule is O=C(Nc1ccn([C@H]2CC(O)C(CO)O2)c(=O)n1)c1ccccc1.